The predicted octanol–water partition coefficient (Wildman–Crippen LogP) is 3.73. The SMILES string of the molecule is CCCCN1CCN(Cc2ccc(C(C)C)cc2)CC1. The first kappa shape index (κ1) is 15.5. The predicted molar refractivity (Wildman–Crippen MR) is 87.2 cm³/mol. The van der Waals surface area contributed by atoms with Crippen molar-refractivity contribution in [1.29, 1.82) is 0 Å². The highest BCUT2D eigenvalue weighted by atomic mass is 15.3. The number of unbranched alkanes of at least 4 members (excludes halogenated alkanes) is 1. The first-order chi connectivity index (χ1) is 9.69. The van der Waals surface area contributed by atoms with Gasteiger partial charge in [-0.05, 0) is 30.0 Å². The monoisotopic (exact) mass is 274 g/mol. The molecule has 0 aromatic heterocycles. The Hall–Kier alpha value is -0.860. The Balaban J connectivity index is 1.77. The Morgan fingerprint density at radius 3 is 2.10 bits per heavy atom. The van der Waals surface area contributed by atoms with Crippen LogP contribution in [0.25, 0.3) is 0 Å². The normalized spacial score (nSPS) is 17.8. The molecule has 0 bridgehead atoms. The molecule has 2 rings (SSSR count). The van der Waals surface area contributed by atoms with Crippen LogP contribution in [0.15, 0.2) is 24.3 Å². The molecule has 0 spiro atoms. The molecule has 0 saturated carbocycles. The second kappa shape index (κ2) is 7.80. The lowest BCUT2D eigenvalue weighted by molar-refractivity contribution is 0.126. The first-order valence-corrected chi connectivity index (χ1v) is 8.22. The molecule has 1 aromatic rings. The van der Waals surface area contributed by atoms with Crippen LogP contribution in [0.2, 0.25) is 0 Å². The van der Waals surface area contributed by atoms with E-state index >= 15 is 0 Å². The van der Waals surface area contributed by atoms with Gasteiger partial charge in [-0.15, -0.1) is 0 Å². The van der Waals surface area contributed by atoms with E-state index in [0.29, 0.717) is 5.92 Å². The van der Waals surface area contributed by atoms with Gasteiger partial charge in [-0.2, -0.15) is 0 Å². The highest BCUT2D eigenvalue weighted by Gasteiger charge is 2.16. The molecule has 0 unspecified atom stereocenters. The third-order valence-electron chi connectivity index (χ3n) is 4.35. The molecule has 0 atom stereocenters. The maximum atomic E-state index is 2.61. The maximum absolute atomic E-state index is 2.61. The fourth-order valence-electron chi connectivity index (χ4n) is 2.82. The third kappa shape index (κ3) is 4.60. The summed E-state index contributed by atoms with van der Waals surface area (Å²) in [4.78, 5) is 5.20. The summed E-state index contributed by atoms with van der Waals surface area (Å²) in [5.74, 6) is 0.631. The van der Waals surface area contributed by atoms with E-state index in [0.717, 1.165) is 6.54 Å². The van der Waals surface area contributed by atoms with Crippen LogP contribution in [0.1, 0.15) is 50.7 Å². The van der Waals surface area contributed by atoms with Crippen molar-refractivity contribution in [3.8, 4) is 0 Å². The molecule has 1 heterocycles. The Morgan fingerprint density at radius 2 is 1.55 bits per heavy atom. The molecule has 0 aliphatic carbocycles. The minimum Gasteiger partial charge on any atom is -0.301 e. The van der Waals surface area contributed by atoms with Crippen LogP contribution in [0.3, 0.4) is 0 Å². The van der Waals surface area contributed by atoms with Gasteiger partial charge in [0.05, 0.1) is 0 Å². The molecule has 0 amide bonds. The number of benzene rings is 1. The molecule has 1 aliphatic heterocycles. The Bertz CT molecular complexity index is 375. The number of hydrogen-bond acceptors (Lipinski definition) is 2. The largest absolute Gasteiger partial charge is 0.301 e. The molecule has 20 heavy (non-hydrogen) atoms. The molecule has 112 valence electrons. The average Bonchev–Trinajstić information content (AvgIpc) is 2.47. The molecule has 0 N–H and O–H groups in total. The molecule has 2 nitrogen and oxygen atoms in total. The van der Waals surface area contributed by atoms with Crippen LogP contribution < -0.4 is 0 Å². The van der Waals surface area contributed by atoms with Crippen LogP contribution >= 0.6 is 0 Å². The minimum atomic E-state index is 0.631. The van der Waals surface area contributed by atoms with Crippen molar-refractivity contribution in [3.63, 3.8) is 0 Å². The highest BCUT2D eigenvalue weighted by molar-refractivity contribution is 5.24. The fraction of sp³-hybridized carbons (Fsp3) is 0.667. The van der Waals surface area contributed by atoms with Crippen molar-refractivity contribution in [3.05, 3.63) is 35.4 Å². The lowest BCUT2D eigenvalue weighted by atomic mass is 10.0. The van der Waals surface area contributed by atoms with Gasteiger partial charge < -0.3 is 4.90 Å². The van der Waals surface area contributed by atoms with Crippen LogP contribution in [0, 0.1) is 0 Å². The van der Waals surface area contributed by atoms with Gasteiger partial charge in [0.1, 0.15) is 0 Å². The Morgan fingerprint density at radius 1 is 0.950 bits per heavy atom. The number of hydrogen-bond donors (Lipinski definition) is 0. The standard InChI is InChI=1S/C18H30N2/c1-4-5-10-19-11-13-20(14-12-19)15-17-6-8-18(9-7-17)16(2)3/h6-9,16H,4-5,10-15H2,1-3H3. The summed E-state index contributed by atoms with van der Waals surface area (Å²) in [5.41, 5.74) is 2.90. The van der Waals surface area contributed by atoms with Gasteiger partial charge in [-0.3, -0.25) is 4.90 Å². The van der Waals surface area contributed by atoms with Crippen LogP contribution in [0.4, 0.5) is 0 Å². The zero-order valence-corrected chi connectivity index (χ0v) is 13.4. The second-order valence-corrected chi connectivity index (χ2v) is 6.37. The zero-order chi connectivity index (χ0) is 14.4. The van der Waals surface area contributed by atoms with E-state index in [1.54, 1.807) is 0 Å². The molecule has 1 aliphatic rings. The summed E-state index contributed by atoms with van der Waals surface area (Å²) in [6.07, 6.45) is 2.65. The Labute approximate surface area is 124 Å². The molecular formula is C18H30N2. The van der Waals surface area contributed by atoms with E-state index in [1.165, 1.54) is 56.7 Å². The Kier molecular flexibility index (Phi) is 6.06. The molecule has 1 fully saturated rings. The van der Waals surface area contributed by atoms with E-state index in [4.69, 9.17) is 0 Å². The van der Waals surface area contributed by atoms with Crippen molar-refractivity contribution in [1.82, 2.24) is 9.80 Å². The van der Waals surface area contributed by atoms with Gasteiger partial charge in [-0.1, -0.05) is 51.5 Å². The molecule has 1 saturated heterocycles. The smallest absolute Gasteiger partial charge is 0.0234 e. The molecule has 1 aromatic carbocycles. The maximum Gasteiger partial charge on any atom is 0.0234 e. The molecular weight excluding hydrogens is 244 g/mol. The molecule has 2 heteroatoms. The second-order valence-electron chi connectivity index (χ2n) is 6.37. The summed E-state index contributed by atoms with van der Waals surface area (Å²) in [5, 5.41) is 0. The number of nitrogens with zero attached hydrogens (tertiary/aromatic N) is 2. The summed E-state index contributed by atoms with van der Waals surface area (Å²) in [6, 6.07) is 9.19. The van der Waals surface area contributed by atoms with Crippen molar-refractivity contribution in [2.24, 2.45) is 0 Å². The van der Waals surface area contributed by atoms with Crippen molar-refractivity contribution in [2.75, 3.05) is 32.7 Å². The van der Waals surface area contributed by atoms with Crippen LogP contribution in [0.5, 0.6) is 0 Å². The van der Waals surface area contributed by atoms with Gasteiger partial charge >= 0.3 is 0 Å². The van der Waals surface area contributed by atoms with Crippen molar-refractivity contribution >= 4 is 0 Å². The van der Waals surface area contributed by atoms with E-state index in [1.807, 2.05) is 0 Å². The van der Waals surface area contributed by atoms with Gasteiger partial charge in [-0.25, -0.2) is 0 Å². The summed E-state index contributed by atoms with van der Waals surface area (Å²) >= 11 is 0. The lowest BCUT2D eigenvalue weighted by Crippen LogP contribution is -2.46. The number of piperazine rings is 1. The summed E-state index contributed by atoms with van der Waals surface area (Å²) in [6.45, 7) is 14.1. The zero-order valence-electron chi connectivity index (χ0n) is 13.4. The summed E-state index contributed by atoms with van der Waals surface area (Å²) < 4.78 is 0. The minimum absolute atomic E-state index is 0.631. The van der Waals surface area contributed by atoms with E-state index in [9.17, 15) is 0 Å². The van der Waals surface area contributed by atoms with Gasteiger partial charge in [0.2, 0.25) is 0 Å². The average molecular weight is 274 g/mol. The topological polar surface area (TPSA) is 6.48 Å². The van der Waals surface area contributed by atoms with Crippen LogP contribution in [-0.2, 0) is 6.54 Å². The summed E-state index contributed by atoms with van der Waals surface area (Å²) in [7, 11) is 0. The third-order valence-corrected chi connectivity index (χ3v) is 4.35. The van der Waals surface area contributed by atoms with Crippen LogP contribution in [-0.4, -0.2) is 42.5 Å². The van der Waals surface area contributed by atoms with Gasteiger partial charge in [0.15, 0.2) is 0 Å². The molecule has 0 radical (unpaired) electrons. The fourth-order valence-corrected chi connectivity index (χ4v) is 2.82. The number of rotatable bonds is 6. The van der Waals surface area contributed by atoms with E-state index < -0.39 is 0 Å². The quantitative estimate of drug-likeness (QED) is 0.780. The van der Waals surface area contributed by atoms with Crippen molar-refractivity contribution in [2.45, 2.75) is 46.1 Å². The van der Waals surface area contributed by atoms with Crippen molar-refractivity contribution < 1.29 is 0 Å². The van der Waals surface area contributed by atoms with E-state index in [2.05, 4.69) is 54.8 Å². The van der Waals surface area contributed by atoms with E-state index in [-0.39, 0.29) is 0 Å². The highest BCUT2D eigenvalue weighted by Crippen LogP contribution is 2.16. The van der Waals surface area contributed by atoms with Gasteiger partial charge in [0.25, 0.3) is 0 Å². The lowest BCUT2D eigenvalue weighted by Gasteiger charge is -2.34. The first-order valence-electron chi connectivity index (χ1n) is 8.22. The van der Waals surface area contributed by atoms with Gasteiger partial charge in [0, 0.05) is 32.7 Å².